The van der Waals surface area contributed by atoms with Gasteiger partial charge in [-0.3, -0.25) is 0 Å². The van der Waals surface area contributed by atoms with E-state index >= 15 is 0 Å². The number of para-hydroxylation sites is 1. The molecule has 1 nitrogen and oxygen atoms in total. The summed E-state index contributed by atoms with van der Waals surface area (Å²) >= 11 is 0. The maximum absolute atomic E-state index is 6.00. The molecule has 2 rings (SSSR count). The molecular weight excluding hydrogens is 208 g/mol. The van der Waals surface area contributed by atoms with Crippen LogP contribution in [0, 0.1) is 0 Å². The zero-order valence-corrected chi connectivity index (χ0v) is 10.4. The molecule has 0 fully saturated rings. The van der Waals surface area contributed by atoms with Gasteiger partial charge in [-0.25, -0.2) is 0 Å². The number of allylic oxidation sites excluding steroid dienone is 4. The highest BCUT2D eigenvalue weighted by molar-refractivity contribution is 5.35. The van der Waals surface area contributed by atoms with E-state index in [4.69, 9.17) is 4.74 Å². The van der Waals surface area contributed by atoms with Crippen LogP contribution in [0.2, 0.25) is 0 Å². The molecule has 0 saturated heterocycles. The maximum atomic E-state index is 6.00. The summed E-state index contributed by atoms with van der Waals surface area (Å²) in [6.45, 7) is 4.23. The molecule has 0 amide bonds. The summed E-state index contributed by atoms with van der Waals surface area (Å²) in [7, 11) is 0. The average Bonchev–Trinajstić information content (AvgIpc) is 2.55. The van der Waals surface area contributed by atoms with Gasteiger partial charge >= 0.3 is 0 Å². The fraction of sp³-hybridized carbons (Fsp3) is 0.250. The minimum absolute atomic E-state index is 0.0244. The Hall–Kier alpha value is -1.76. The van der Waals surface area contributed by atoms with Crippen LogP contribution in [0.3, 0.4) is 0 Å². The first kappa shape index (κ1) is 11.7. The molecule has 0 spiro atoms. The molecule has 88 valence electrons. The van der Waals surface area contributed by atoms with E-state index in [0.29, 0.717) is 0 Å². The molecule has 0 aromatic heterocycles. The van der Waals surface area contributed by atoms with Crippen LogP contribution < -0.4 is 4.74 Å². The van der Waals surface area contributed by atoms with E-state index in [1.165, 1.54) is 11.1 Å². The van der Waals surface area contributed by atoms with Crippen molar-refractivity contribution >= 4 is 0 Å². The third-order valence-electron chi connectivity index (χ3n) is 2.83. The predicted octanol–water partition coefficient (Wildman–Crippen LogP) is 4.07. The lowest BCUT2D eigenvalue weighted by Gasteiger charge is -2.14. The number of benzene rings is 1. The molecule has 0 saturated carbocycles. The van der Waals surface area contributed by atoms with Gasteiger partial charge in [-0.1, -0.05) is 48.9 Å². The molecule has 0 aliphatic heterocycles. The molecule has 17 heavy (non-hydrogen) atoms. The van der Waals surface area contributed by atoms with Crippen molar-refractivity contribution in [2.45, 2.75) is 26.4 Å². The maximum Gasteiger partial charge on any atom is 0.136 e. The van der Waals surface area contributed by atoms with Crippen molar-refractivity contribution in [3.63, 3.8) is 0 Å². The lowest BCUT2D eigenvalue weighted by Crippen LogP contribution is -2.10. The summed E-state index contributed by atoms with van der Waals surface area (Å²) in [6, 6.07) is 8.22. The van der Waals surface area contributed by atoms with Gasteiger partial charge in [0.25, 0.3) is 0 Å². The summed E-state index contributed by atoms with van der Waals surface area (Å²) in [5, 5.41) is 0. The van der Waals surface area contributed by atoms with Gasteiger partial charge in [0, 0.05) is 0 Å². The molecular formula is C16H18O. The van der Waals surface area contributed by atoms with Crippen molar-refractivity contribution in [2.24, 2.45) is 0 Å². The quantitative estimate of drug-likeness (QED) is 0.755. The molecule has 1 aromatic rings. The van der Waals surface area contributed by atoms with Crippen LogP contribution in [0.15, 0.2) is 60.2 Å². The topological polar surface area (TPSA) is 9.23 Å². The Balaban J connectivity index is 2.14. The zero-order chi connectivity index (χ0) is 12.1. The van der Waals surface area contributed by atoms with Crippen LogP contribution in [-0.2, 0) is 6.42 Å². The SMILES string of the molecule is CCc1ccccc1OC1C=CC=C(C)C=C1. The van der Waals surface area contributed by atoms with Crippen LogP contribution in [0.4, 0.5) is 0 Å². The van der Waals surface area contributed by atoms with Crippen LogP contribution in [0.25, 0.3) is 0 Å². The van der Waals surface area contributed by atoms with Gasteiger partial charge in [-0.05, 0) is 37.1 Å². The minimum atomic E-state index is 0.0244. The molecule has 1 aromatic carbocycles. The lowest BCUT2D eigenvalue weighted by atomic mass is 10.1. The lowest BCUT2D eigenvalue weighted by molar-refractivity contribution is 0.293. The van der Waals surface area contributed by atoms with Gasteiger partial charge < -0.3 is 4.74 Å². The Morgan fingerprint density at radius 2 is 2.00 bits per heavy atom. The third-order valence-corrected chi connectivity index (χ3v) is 2.83. The summed E-state index contributed by atoms with van der Waals surface area (Å²) in [5.41, 5.74) is 2.50. The normalized spacial score (nSPS) is 18.7. The summed E-state index contributed by atoms with van der Waals surface area (Å²) < 4.78 is 6.00. The smallest absolute Gasteiger partial charge is 0.136 e. The van der Waals surface area contributed by atoms with Gasteiger partial charge in [0.15, 0.2) is 0 Å². The molecule has 1 atom stereocenters. The summed E-state index contributed by atoms with van der Waals surface area (Å²) in [6.07, 6.45) is 11.4. The molecule has 0 N–H and O–H groups in total. The second kappa shape index (κ2) is 5.53. The zero-order valence-electron chi connectivity index (χ0n) is 10.4. The van der Waals surface area contributed by atoms with E-state index in [9.17, 15) is 0 Å². The second-order valence-electron chi connectivity index (χ2n) is 4.20. The minimum Gasteiger partial charge on any atom is -0.482 e. The molecule has 0 bridgehead atoms. The highest BCUT2D eigenvalue weighted by Gasteiger charge is 2.06. The van der Waals surface area contributed by atoms with Crippen LogP contribution in [0.5, 0.6) is 5.75 Å². The van der Waals surface area contributed by atoms with Gasteiger partial charge in [-0.15, -0.1) is 0 Å². The highest BCUT2D eigenvalue weighted by Crippen LogP contribution is 2.21. The van der Waals surface area contributed by atoms with Crippen LogP contribution in [-0.4, -0.2) is 6.10 Å². The largest absolute Gasteiger partial charge is 0.482 e. The number of ether oxygens (including phenoxy) is 1. The van der Waals surface area contributed by atoms with E-state index in [2.05, 4.69) is 56.4 Å². The molecule has 1 aliphatic carbocycles. The first-order valence-electron chi connectivity index (χ1n) is 6.07. The van der Waals surface area contributed by atoms with Gasteiger partial charge in [0.2, 0.25) is 0 Å². The average molecular weight is 226 g/mol. The third kappa shape index (κ3) is 3.10. The van der Waals surface area contributed by atoms with Crippen molar-refractivity contribution in [1.29, 1.82) is 0 Å². The van der Waals surface area contributed by atoms with E-state index < -0.39 is 0 Å². The predicted molar refractivity (Wildman–Crippen MR) is 72.3 cm³/mol. The highest BCUT2D eigenvalue weighted by atomic mass is 16.5. The van der Waals surface area contributed by atoms with E-state index in [1.54, 1.807) is 0 Å². The Morgan fingerprint density at radius 3 is 2.82 bits per heavy atom. The molecule has 1 heteroatoms. The van der Waals surface area contributed by atoms with Gasteiger partial charge in [-0.2, -0.15) is 0 Å². The van der Waals surface area contributed by atoms with Crippen LogP contribution in [0.1, 0.15) is 19.4 Å². The Labute approximate surface area is 103 Å². The van der Waals surface area contributed by atoms with Crippen LogP contribution >= 0.6 is 0 Å². The Bertz CT molecular complexity index is 466. The molecule has 1 aliphatic rings. The molecule has 0 radical (unpaired) electrons. The van der Waals surface area contributed by atoms with Crippen molar-refractivity contribution in [1.82, 2.24) is 0 Å². The number of rotatable bonds is 3. The van der Waals surface area contributed by atoms with E-state index in [-0.39, 0.29) is 6.10 Å². The van der Waals surface area contributed by atoms with Gasteiger partial charge in [0.05, 0.1) is 0 Å². The monoisotopic (exact) mass is 226 g/mol. The Kier molecular flexibility index (Phi) is 3.81. The summed E-state index contributed by atoms with van der Waals surface area (Å²) in [5.74, 6) is 0.980. The van der Waals surface area contributed by atoms with Crippen molar-refractivity contribution in [3.05, 3.63) is 65.8 Å². The molecule has 1 unspecified atom stereocenters. The first-order chi connectivity index (χ1) is 8.29. The fourth-order valence-corrected chi connectivity index (χ4v) is 1.82. The number of aryl methyl sites for hydroxylation is 1. The first-order valence-corrected chi connectivity index (χ1v) is 6.07. The van der Waals surface area contributed by atoms with E-state index in [1.807, 2.05) is 12.1 Å². The second-order valence-corrected chi connectivity index (χ2v) is 4.20. The standard InChI is InChI=1S/C16H18O/c1-3-14-8-4-5-10-16(14)17-15-9-6-7-13(2)11-12-15/h4-12,15H,3H2,1-2H3. The number of hydrogen-bond acceptors (Lipinski definition) is 1. The Morgan fingerprint density at radius 1 is 1.18 bits per heavy atom. The van der Waals surface area contributed by atoms with E-state index in [0.717, 1.165) is 12.2 Å². The van der Waals surface area contributed by atoms with Crippen molar-refractivity contribution in [2.75, 3.05) is 0 Å². The number of hydrogen-bond donors (Lipinski definition) is 0. The van der Waals surface area contributed by atoms with Gasteiger partial charge in [0.1, 0.15) is 11.9 Å². The van der Waals surface area contributed by atoms with Crippen molar-refractivity contribution < 1.29 is 4.74 Å². The van der Waals surface area contributed by atoms with Crippen molar-refractivity contribution in [3.8, 4) is 5.75 Å². The molecule has 0 heterocycles. The fourth-order valence-electron chi connectivity index (χ4n) is 1.82. The summed E-state index contributed by atoms with van der Waals surface area (Å²) in [4.78, 5) is 0.